The van der Waals surface area contributed by atoms with E-state index in [9.17, 15) is 5.26 Å². The summed E-state index contributed by atoms with van der Waals surface area (Å²) in [7, 11) is 0. The maximum absolute atomic E-state index is 9.70. The average Bonchev–Trinajstić information content (AvgIpc) is 3.05. The minimum Gasteiger partial charge on any atom is -0.338 e. The van der Waals surface area contributed by atoms with Crippen LogP contribution in [-0.4, -0.2) is 14.6 Å². The number of hydrogen-bond donors (Lipinski definition) is 1. The molecule has 5 nitrogen and oxygen atoms in total. The monoisotopic (exact) mass is 337 g/mol. The van der Waals surface area contributed by atoms with Crippen molar-refractivity contribution < 1.29 is 0 Å². The van der Waals surface area contributed by atoms with Crippen LogP contribution in [0.1, 0.15) is 16.7 Å². The van der Waals surface area contributed by atoms with Crippen LogP contribution in [0.5, 0.6) is 0 Å². The molecular weight excluding hydrogens is 322 g/mol. The SMILES string of the molecule is N#Cc1c(Nc2ccccc2)nn2c3c(cnc12)CCc1ccccc1-3. The summed E-state index contributed by atoms with van der Waals surface area (Å²) in [6, 6.07) is 20.4. The molecule has 0 atom stereocenters. The number of hydrogen-bond acceptors (Lipinski definition) is 4. The van der Waals surface area contributed by atoms with Crippen molar-refractivity contribution in [3.05, 3.63) is 77.5 Å². The van der Waals surface area contributed by atoms with E-state index >= 15 is 0 Å². The van der Waals surface area contributed by atoms with Gasteiger partial charge >= 0.3 is 0 Å². The van der Waals surface area contributed by atoms with Gasteiger partial charge in [0.1, 0.15) is 11.6 Å². The molecule has 0 amide bonds. The third-order valence-electron chi connectivity index (χ3n) is 4.80. The van der Waals surface area contributed by atoms with Gasteiger partial charge in [0.25, 0.3) is 0 Å². The third-order valence-corrected chi connectivity index (χ3v) is 4.80. The van der Waals surface area contributed by atoms with E-state index in [0.29, 0.717) is 17.0 Å². The van der Waals surface area contributed by atoms with Crippen LogP contribution in [0.4, 0.5) is 11.5 Å². The van der Waals surface area contributed by atoms with E-state index in [4.69, 9.17) is 5.10 Å². The highest BCUT2D eigenvalue weighted by molar-refractivity contribution is 5.77. The fraction of sp³-hybridized carbons (Fsp3) is 0.0952. The molecule has 1 aliphatic rings. The Morgan fingerprint density at radius 2 is 1.73 bits per heavy atom. The lowest BCUT2D eigenvalue weighted by Gasteiger charge is -2.19. The molecule has 0 saturated carbocycles. The van der Waals surface area contributed by atoms with Gasteiger partial charge in [0.05, 0.1) is 5.69 Å². The number of benzene rings is 2. The second-order valence-electron chi connectivity index (χ2n) is 6.35. The summed E-state index contributed by atoms with van der Waals surface area (Å²) in [6.45, 7) is 0. The first-order chi connectivity index (χ1) is 12.8. The topological polar surface area (TPSA) is 66.0 Å². The number of nitrogens with one attached hydrogen (secondary N) is 1. The summed E-state index contributed by atoms with van der Waals surface area (Å²) in [5, 5.41) is 17.7. The van der Waals surface area contributed by atoms with E-state index in [1.54, 1.807) is 0 Å². The summed E-state index contributed by atoms with van der Waals surface area (Å²) in [6.07, 6.45) is 3.81. The maximum Gasteiger partial charge on any atom is 0.175 e. The summed E-state index contributed by atoms with van der Waals surface area (Å²) in [5.41, 5.74) is 6.60. The number of fused-ring (bicyclic) bond motifs is 5. The second-order valence-corrected chi connectivity index (χ2v) is 6.35. The molecule has 0 spiro atoms. The summed E-state index contributed by atoms with van der Waals surface area (Å²) >= 11 is 0. The molecular formula is C21H15N5. The molecule has 2 aromatic carbocycles. The predicted octanol–water partition coefficient (Wildman–Crippen LogP) is 4.11. The maximum atomic E-state index is 9.70. The molecule has 5 rings (SSSR count). The van der Waals surface area contributed by atoms with Gasteiger partial charge < -0.3 is 5.32 Å². The molecule has 0 aliphatic heterocycles. The lowest BCUT2D eigenvalue weighted by molar-refractivity contribution is 0.865. The van der Waals surface area contributed by atoms with Crippen molar-refractivity contribution in [1.82, 2.24) is 14.6 Å². The Hall–Kier alpha value is -3.65. The highest BCUT2D eigenvalue weighted by Crippen LogP contribution is 2.35. The Morgan fingerprint density at radius 1 is 0.962 bits per heavy atom. The average molecular weight is 337 g/mol. The van der Waals surface area contributed by atoms with Crippen molar-refractivity contribution in [3.63, 3.8) is 0 Å². The first-order valence-corrected chi connectivity index (χ1v) is 8.56. The van der Waals surface area contributed by atoms with Gasteiger partial charge in [-0.3, -0.25) is 0 Å². The Morgan fingerprint density at radius 3 is 2.58 bits per heavy atom. The van der Waals surface area contributed by atoms with Crippen molar-refractivity contribution in [2.24, 2.45) is 0 Å². The number of nitrogens with zero attached hydrogens (tertiary/aromatic N) is 4. The first-order valence-electron chi connectivity index (χ1n) is 8.56. The predicted molar refractivity (Wildman–Crippen MR) is 100 cm³/mol. The Bertz CT molecular complexity index is 1170. The van der Waals surface area contributed by atoms with Gasteiger partial charge in [-0.25, -0.2) is 9.50 Å². The number of aryl methyl sites for hydroxylation is 2. The van der Waals surface area contributed by atoms with Gasteiger partial charge in [0, 0.05) is 17.4 Å². The molecule has 0 unspecified atom stereocenters. The molecule has 0 radical (unpaired) electrons. The van der Waals surface area contributed by atoms with E-state index in [-0.39, 0.29) is 0 Å². The molecule has 4 aromatic rings. The fourth-order valence-corrected chi connectivity index (χ4v) is 3.58. The van der Waals surface area contributed by atoms with Crippen molar-refractivity contribution in [2.75, 3.05) is 5.32 Å². The minimum absolute atomic E-state index is 0.458. The Kier molecular flexibility index (Phi) is 3.22. The smallest absolute Gasteiger partial charge is 0.175 e. The van der Waals surface area contributed by atoms with Crippen LogP contribution >= 0.6 is 0 Å². The van der Waals surface area contributed by atoms with Crippen molar-refractivity contribution in [2.45, 2.75) is 12.8 Å². The number of aromatic nitrogens is 3. The highest BCUT2D eigenvalue weighted by Gasteiger charge is 2.23. The van der Waals surface area contributed by atoms with E-state index in [2.05, 4.69) is 34.6 Å². The van der Waals surface area contributed by atoms with Crippen LogP contribution in [0.3, 0.4) is 0 Å². The Labute approximate surface area is 150 Å². The number of nitriles is 1. The lowest BCUT2D eigenvalue weighted by Crippen LogP contribution is -2.10. The summed E-state index contributed by atoms with van der Waals surface area (Å²) in [4.78, 5) is 4.54. The largest absolute Gasteiger partial charge is 0.338 e. The molecule has 124 valence electrons. The first kappa shape index (κ1) is 14.7. The Balaban J connectivity index is 1.75. The van der Waals surface area contributed by atoms with Gasteiger partial charge in [-0.05, 0) is 36.1 Å². The molecule has 5 heteroatoms. The summed E-state index contributed by atoms with van der Waals surface area (Å²) in [5.74, 6) is 0.530. The van der Waals surface area contributed by atoms with Gasteiger partial charge in [0.2, 0.25) is 0 Å². The molecule has 1 N–H and O–H groups in total. The van der Waals surface area contributed by atoms with Crippen molar-refractivity contribution >= 4 is 17.2 Å². The van der Waals surface area contributed by atoms with E-state index in [1.807, 2.05) is 47.1 Å². The standard InChI is InChI=1S/C21H15N5/c22-12-18-20(24-16-7-2-1-3-8-16)25-26-19-15(13-23-21(18)26)11-10-14-6-4-5-9-17(14)19/h1-9,13H,10-11H2,(H,24,25). The van der Waals surface area contributed by atoms with Crippen molar-refractivity contribution in [1.29, 1.82) is 5.26 Å². The number of anilines is 2. The summed E-state index contributed by atoms with van der Waals surface area (Å²) < 4.78 is 1.82. The van der Waals surface area contributed by atoms with Crippen LogP contribution in [-0.2, 0) is 12.8 Å². The van der Waals surface area contributed by atoms with Crippen molar-refractivity contribution in [3.8, 4) is 17.3 Å². The van der Waals surface area contributed by atoms with Crippen LogP contribution in [0.25, 0.3) is 16.9 Å². The number of rotatable bonds is 2. The molecule has 2 aromatic heterocycles. The zero-order chi connectivity index (χ0) is 17.5. The molecule has 0 bridgehead atoms. The van der Waals surface area contributed by atoms with Gasteiger partial charge in [0.15, 0.2) is 11.5 Å². The minimum atomic E-state index is 0.458. The quantitative estimate of drug-likeness (QED) is 0.598. The lowest BCUT2D eigenvalue weighted by atomic mass is 9.90. The van der Waals surface area contributed by atoms with Gasteiger partial charge in [-0.15, -0.1) is 5.10 Å². The van der Waals surface area contributed by atoms with Crippen LogP contribution < -0.4 is 5.32 Å². The zero-order valence-corrected chi connectivity index (χ0v) is 14.0. The third kappa shape index (κ3) is 2.16. The molecule has 0 fully saturated rings. The zero-order valence-electron chi connectivity index (χ0n) is 14.0. The molecule has 1 aliphatic carbocycles. The fourth-order valence-electron chi connectivity index (χ4n) is 3.58. The second kappa shape index (κ2) is 5.71. The van der Waals surface area contributed by atoms with Crippen LogP contribution in [0.2, 0.25) is 0 Å². The van der Waals surface area contributed by atoms with E-state index < -0.39 is 0 Å². The van der Waals surface area contributed by atoms with Gasteiger partial charge in [-0.1, -0.05) is 42.5 Å². The van der Waals surface area contributed by atoms with Gasteiger partial charge in [-0.2, -0.15) is 5.26 Å². The molecule has 26 heavy (non-hydrogen) atoms. The van der Waals surface area contributed by atoms with E-state index in [0.717, 1.165) is 29.8 Å². The van der Waals surface area contributed by atoms with Crippen LogP contribution in [0, 0.1) is 11.3 Å². The number of para-hydroxylation sites is 1. The molecule has 2 heterocycles. The molecule has 0 saturated heterocycles. The van der Waals surface area contributed by atoms with Crippen LogP contribution in [0.15, 0.2) is 60.8 Å². The highest BCUT2D eigenvalue weighted by atomic mass is 15.3. The normalized spacial score (nSPS) is 12.3. The van der Waals surface area contributed by atoms with E-state index in [1.165, 1.54) is 11.1 Å².